The number of rotatable bonds is 5. The first kappa shape index (κ1) is 15.0. The van der Waals surface area contributed by atoms with E-state index in [0.717, 1.165) is 31.2 Å². The van der Waals surface area contributed by atoms with E-state index in [0.29, 0.717) is 17.2 Å². The van der Waals surface area contributed by atoms with Gasteiger partial charge in [0.05, 0.1) is 19.8 Å². The van der Waals surface area contributed by atoms with Crippen molar-refractivity contribution < 1.29 is 19.3 Å². The van der Waals surface area contributed by atoms with Crippen molar-refractivity contribution in [3.8, 4) is 17.2 Å². The lowest BCUT2D eigenvalue weighted by Crippen LogP contribution is -2.38. The van der Waals surface area contributed by atoms with E-state index in [-0.39, 0.29) is 6.61 Å². The monoisotopic (exact) mass is 280 g/mol. The van der Waals surface area contributed by atoms with E-state index in [9.17, 15) is 5.11 Å². The molecular weight excluding hydrogens is 256 g/mol. The van der Waals surface area contributed by atoms with Crippen molar-refractivity contribution in [1.29, 1.82) is 0 Å². The highest BCUT2D eigenvalue weighted by atomic mass is 16.5. The van der Waals surface area contributed by atoms with Crippen LogP contribution in [0.1, 0.15) is 37.7 Å². The zero-order valence-electron chi connectivity index (χ0n) is 12.6. The van der Waals surface area contributed by atoms with Crippen molar-refractivity contribution in [2.45, 2.75) is 44.6 Å². The molecule has 0 aromatic heterocycles. The Hall–Kier alpha value is -1.42. The number of hydrogen-bond donors (Lipinski definition) is 1. The van der Waals surface area contributed by atoms with Crippen molar-refractivity contribution >= 4 is 0 Å². The summed E-state index contributed by atoms with van der Waals surface area (Å²) in [6.45, 7) is 2.26. The number of methoxy groups -OCH3 is 2. The molecule has 0 heterocycles. The number of ether oxygens (including phenoxy) is 3. The van der Waals surface area contributed by atoms with E-state index < -0.39 is 5.60 Å². The van der Waals surface area contributed by atoms with Crippen LogP contribution in [0.4, 0.5) is 0 Å². The third kappa shape index (κ3) is 3.37. The molecule has 0 atom stereocenters. The summed E-state index contributed by atoms with van der Waals surface area (Å²) in [5, 5.41) is 10.5. The topological polar surface area (TPSA) is 47.9 Å². The van der Waals surface area contributed by atoms with Crippen molar-refractivity contribution in [2.75, 3.05) is 20.8 Å². The average molecular weight is 280 g/mol. The van der Waals surface area contributed by atoms with Crippen LogP contribution in [0.2, 0.25) is 0 Å². The molecule has 1 aliphatic rings. The second-order valence-electron chi connectivity index (χ2n) is 5.57. The summed E-state index contributed by atoms with van der Waals surface area (Å²) in [5.74, 6) is 1.85. The van der Waals surface area contributed by atoms with Gasteiger partial charge in [0, 0.05) is 0 Å². The van der Waals surface area contributed by atoms with E-state index in [2.05, 4.69) is 0 Å². The smallest absolute Gasteiger partial charge is 0.203 e. The van der Waals surface area contributed by atoms with Crippen LogP contribution in [-0.4, -0.2) is 31.5 Å². The van der Waals surface area contributed by atoms with Gasteiger partial charge in [0.2, 0.25) is 5.75 Å². The maximum Gasteiger partial charge on any atom is 0.203 e. The maximum absolute atomic E-state index is 10.5. The lowest BCUT2D eigenvalue weighted by atomic mass is 9.85. The van der Waals surface area contributed by atoms with E-state index >= 15 is 0 Å². The van der Waals surface area contributed by atoms with Gasteiger partial charge in [-0.3, -0.25) is 0 Å². The molecule has 0 unspecified atom stereocenters. The molecule has 4 nitrogen and oxygen atoms in total. The molecule has 0 amide bonds. The number of hydrogen-bond acceptors (Lipinski definition) is 4. The van der Waals surface area contributed by atoms with Crippen LogP contribution in [0.25, 0.3) is 0 Å². The van der Waals surface area contributed by atoms with Crippen LogP contribution in [0.5, 0.6) is 17.2 Å². The van der Waals surface area contributed by atoms with Gasteiger partial charge in [-0.2, -0.15) is 0 Å². The van der Waals surface area contributed by atoms with Crippen LogP contribution in [0.15, 0.2) is 12.1 Å². The predicted molar refractivity (Wildman–Crippen MR) is 77.8 cm³/mol. The quantitative estimate of drug-likeness (QED) is 0.900. The molecule has 4 heteroatoms. The van der Waals surface area contributed by atoms with Gasteiger partial charge in [-0.15, -0.1) is 0 Å². The van der Waals surface area contributed by atoms with Gasteiger partial charge in [-0.05, 0) is 37.5 Å². The fraction of sp³-hybridized carbons (Fsp3) is 0.625. The molecule has 0 bridgehead atoms. The standard InChI is InChI=1S/C16H24O4/c1-12-9-13(18-2)15(14(10-12)19-3)20-11-16(17)7-5-4-6-8-16/h9-10,17H,4-8,11H2,1-3H3. The Morgan fingerprint density at radius 3 is 2.10 bits per heavy atom. The van der Waals surface area contributed by atoms with Crippen LogP contribution in [0, 0.1) is 6.92 Å². The maximum atomic E-state index is 10.5. The summed E-state index contributed by atoms with van der Waals surface area (Å²) in [6.07, 6.45) is 4.90. The normalized spacial score (nSPS) is 17.6. The summed E-state index contributed by atoms with van der Waals surface area (Å²) in [6, 6.07) is 3.81. The van der Waals surface area contributed by atoms with Gasteiger partial charge in [0.15, 0.2) is 11.5 Å². The largest absolute Gasteiger partial charge is 0.493 e. The first-order valence-corrected chi connectivity index (χ1v) is 7.16. The Labute approximate surface area is 120 Å². The first-order valence-electron chi connectivity index (χ1n) is 7.16. The molecule has 1 aliphatic carbocycles. The van der Waals surface area contributed by atoms with E-state index in [4.69, 9.17) is 14.2 Å². The third-order valence-electron chi connectivity index (χ3n) is 3.87. The molecule has 1 aromatic rings. The Kier molecular flexibility index (Phi) is 4.76. The number of benzene rings is 1. The molecule has 0 radical (unpaired) electrons. The molecule has 0 spiro atoms. The highest BCUT2D eigenvalue weighted by Gasteiger charge is 2.31. The molecule has 1 fully saturated rings. The van der Waals surface area contributed by atoms with Crippen molar-refractivity contribution in [2.24, 2.45) is 0 Å². The predicted octanol–water partition coefficient (Wildman–Crippen LogP) is 3.09. The van der Waals surface area contributed by atoms with E-state index in [1.54, 1.807) is 14.2 Å². The summed E-state index contributed by atoms with van der Waals surface area (Å²) in [7, 11) is 3.22. The Morgan fingerprint density at radius 2 is 1.60 bits per heavy atom. The molecule has 20 heavy (non-hydrogen) atoms. The van der Waals surface area contributed by atoms with E-state index in [1.165, 1.54) is 6.42 Å². The molecule has 112 valence electrons. The molecule has 0 saturated heterocycles. The van der Waals surface area contributed by atoms with Crippen molar-refractivity contribution in [3.05, 3.63) is 17.7 Å². The lowest BCUT2D eigenvalue weighted by Gasteiger charge is -2.32. The SMILES string of the molecule is COc1cc(C)cc(OC)c1OCC1(O)CCCCC1. The Morgan fingerprint density at radius 1 is 1.05 bits per heavy atom. The number of aryl methyl sites for hydroxylation is 1. The summed E-state index contributed by atoms with van der Waals surface area (Å²) < 4.78 is 16.6. The molecular formula is C16H24O4. The first-order chi connectivity index (χ1) is 9.58. The second kappa shape index (κ2) is 6.35. The summed E-state index contributed by atoms with van der Waals surface area (Å²) in [5.41, 5.74) is 0.321. The van der Waals surface area contributed by atoms with Gasteiger partial charge in [-0.1, -0.05) is 19.3 Å². The fourth-order valence-electron chi connectivity index (χ4n) is 2.71. The Bertz CT molecular complexity index is 425. The second-order valence-corrected chi connectivity index (χ2v) is 5.57. The van der Waals surface area contributed by atoms with E-state index in [1.807, 2.05) is 19.1 Å². The van der Waals surface area contributed by atoms with Crippen molar-refractivity contribution in [3.63, 3.8) is 0 Å². The van der Waals surface area contributed by atoms with Gasteiger partial charge in [0.1, 0.15) is 6.61 Å². The number of aliphatic hydroxyl groups is 1. The fourth-order valence-corrected chi connectivity index (χ4v) is 2.71. The highest BCUT2D eigenvalue weighted by Crippen LogP contribution is 2.39. The highest BCUT2D eigenvalue weighted by molar-refractivity contribution is 5.53. The average Bonchev–Trinajstić information content (AvgIpc) is 2.45. The molecule has 1 N–H and O–H groups in total. The third-order valence-corrected chi connectivity index (χ3v) is 3.87. The van der Waals surface area contributed by atoms with Crippen molar-refractivity contribution in [1.82, 2.24) is 0 Å². The lowest BCUT2D eigenvalue weighted by molar-refractivity contribution is -0.0348. The van der Waals surface area contributed by atoms with Gasteiger partial charge in [-0.25, -0.2) is 0 Å². The minimum atomic E-state index is -0.723. The summed E-state index contributed by atoms with van der Waals surface area (Å²) in [4.78, 5) is 0. The molecule has 2 rings (SSSR count). The van der Waals surface area contributed by atoms with Crippen LogP contribution in [0.3, 0.4) is 0 Å². The minimum absolute atomic E-state index is 0.281. The molecule has 1 saturated carbocycles. The Balaban J connectivity index is 2.15. The van der Waals surface area contributed by atoms with Crippen LogP contribution < -0.4 is 14.2 Å². The molecule has 0 aliphatic heterocycles. The zero-order valence-corrected chi connectivity index (χ0v) is 12.6. The van der Waals surface area contributed by atoms with Crippen LogP contribution in [-0.2, 0) is 0 Å². The van der Waals surface area contributed by atoms with Gasteiger partial charge in [0.25, 0.3) is 0 Å². The van der Waals surface area contributed by atoms with Gasteiger partial charge < -0.3 is 19.3 Å². The molecule has 1 aromatic carbocycles. The zero-order chi connectivity index (χ0) is 14.6. The summed E-state index contributed by atoms with van der Waals surface area (Å²) >= 11 is 0. The van der Waals surface area contributed by atoms with Gasteiger partial charge >= 0.3 is 0 Å². The minimum Gasteiger partial charge on any atom is -0.493 e. The van der Waals surface area contributed by atoms with Crippen LogP contribution >= 0.6 is 0 Å².